The lowest BCUT2D eigenvalue weighted by atomic mass is 10.1. The third kappa shape index (κ3) is 3.60. The lowest BCUT2D eigenvalue weighted by Crippen LogP contribution is -2.11. The molecule has 3 aromatic carbocycles. The minimum atomic E-state index is -0.190. The molecule has 28 heavy (non-hydrogen) atoms. The molecule has 0 radical (unpaired) electrons. The monoisotopic (exact) mass is 372 g/mol. The van der Waals surface area contributed by atoms with E-state index in [1.807, 2.05) is 42.5 Å². The van der Waals surface area contributed by atoms with Gasteiger partial charge in [-0.3, -0.25) is 4.79 Å². The van der Waals surface area contributed by atoms with Crippen molar-refractivity contribution in [2.45, 2.75) is 13.3 Å². The highest BCUT2D eigenvalue weighted by atomic mass is 16.5. The molecule has 4 aromatic rings. The van der Waals surface area contributed by atoms with Crippen LogP contribution in [-0.4, -0.2) is 18.0 Å². The number of ether oxygens (including phenoxy) is 1. The molecule has 0 spiro atoms. The predicted molar refractivity (Wildman–Crippen MR) is 110 cm³/mol. The van der Waals surface area contributed by atoms with Gasteiger partial charge in [0, 0.05) is 16.8 Å². The summed E-state index contributed by atoms with van der Waals surface area (Å²) in [5.41, 5.74) is 4.84. The smallest absolute Gasteiger partial charge is 0.255 e. The van der Waals surface area contributed by atoms with Crippen LogP contribution in [0.3, 0.4) is 0 Å². The van der Waals surface area contributed by atoms with Crippen LogP contribution in [0.5, 0.6) is 5.75 Å². The summed E-state index contributed by atoms with van der Waals surface area (Å²) in [6.07, 6.45) is 0.949. The molecule has 5 heteroatoms. The molecule has 0 atom stereocenters. The average Bonchev–Trinajstić information content (AvgIpc) is 3.17. The number of aryl methyl sites for hydroxylation is 1. The molecule has 1 heterocycles. The lowest BCUT2D eigenvalue weighted by molar-refractivity contribution is 0.102. The number of hydrogen-bond acceptors (Lipinski definition) is 4. The summed E-state index contributed by atoms with van der Waals surface area (Å²) in [5.74, 6) is 1.05. The standard InChI is InChI=1S/C23H20N2O3/c1-3-15-7-12-21-20(13-15)25-23(28-21)17-5-4-6-18(14-17)24-22(26)16-8-10-19(27-2)11-9-16/h4-14H,3H2,1-2H3,(H,24,26). The Morgan fingerprint density at radius 2 is 1.89 bits per heavy atom. The Kier molecular flexibility index (Phi) is 4.81. The van der Waals surface area contributed by atoms with Gasteiger partial charge in [-0.15, -0.1) is 0 Å². The highest BCUT2D eigenvalue weighted by Crippen LogP contribution is 2.27. The number of methoxy groups -OCH3 is 1. The van der Waals surface area contributed by atoms with Crippen molar-refractivity contribution in [3.63, 3.8) is 0 Å². The van der Waals surface area contributed by atoms with Crippen molar-refractivity contribution in [1.82, 2.24) is 4.98 Å². The first-order valence-electron chi connectivity index (χ1n) is 9.11. The van der Waals surface area contributed by atoms with Gasteiger partial charge in [-0.1, -0.05) is 19.1 Å². The third-order valence-electron chi connectivity index (χ3n) is 4.58. The first-order chi connectivity index (χ1) is 13.7. The van der Waals surface area contributed by atoms with Crippen LogP contribution in [0.1, 0.15) is 22.8 Å². The van der Waals surface area contributed by atoms with Crippen molar-refractivity contribution in [1.29, 1.82) is 0 Å². The minimum absolute atomic E-state index is 0.190. The summed E-state index contributed by atoms with van der Waals surface area (Å²) in [5, 5.41) is 2.91. The summed E-state index contributed by atoms with van der Waals surface area (Å²) in [4.78, 5) is 17.1. The summed E-state index contributed by atoms with van der Waals surface area (Å²) in [6.45, 7) is 2.11. The average molecular weight is 372 g/mol. The summed E-state index contributed by atoms with van der Waals surface area (Å²) >= 11 is 0. The molecule has 0 saturated heterocycles. The maximum absolute atomic E-state index is 12.5. The highest BCUT2D eigenvalue weighted by molar-refractivity contribution is 6.04. The highest BCUT2D eigenvalue weighted by Gasteiger charge is 2.11. The van der Waals surface area contributed by atoms with Gasteiger partial charge in [-0.25, -0.2) is 4.98 Å². The topological polar surface area (TPSA) is 64.4 Å². The molecule has 0 fully saturated rings. The molecule has 5 nitrogen and oxygen atoms in total. The van der Waals surface area contributed by atoms with Crippen LogP contribution in [0.2, 0.25) is 0 Å². The number of benzene rings is 3. The van der Waals surface area contributed by atoms with Crippen LogP contribution in [0, 0.1) is 0 Å². The fourth-order valence-electron chi connectivity index (χ4n) is 2.99. The Morgan fingerprint density at radius 1 is 1.07 bits per heavy atom. The summed E-state index contributed by atoms with van der Waals surface area (Å²) in [6, 6.07) is 20.5. The van der Waals surface area contributed by atoms with Crippen molar-refractivity contribution in [3.05, 3.63) is 77.9 Å². The zero-order valence-electron chi connectivity index (χ0n) is 15.7. The van der Waals surface area contributed by atoms with Crippen LogP contribution < -0.4 is 10.1 Å². The second-order valence-electron chi connectivity index (χ2n) is 6.44. The molecular weight excluding hydrogens is 352 g/mol. The summed E-state index contributed by atoms with van der Waals surface area (Å²) in [7, 11) is 1.59. The van der Waals surface area contributed by atoms with E-state index in [0.29, 0.717) is 22.9 Å². The van der Waals surface area contributed by atoms with E-state index in [-0.39, 0.29) is 5.91 Å². The molecule has 0 unspecified atom stereocenters. The third-order valence-corrected chi connectivity index (χ3v) is 4.58. The van der Waals surface area contributed by atoms with E-state index in [9.17, 15) is 4.79 Å². The molecule has 0 aliphatic carbocycles. The van der Waals surface area contributed by atoms with E-state index < -0.39 is 0 Å². The number of fused-ring (bicyclic) bond motifs is 1. The lowest BCUT2D eigenvalue weighted by Gasteiger charge is -2.07. The Bertz CT molecular complexity index is 1130. The van der Waals surface area contributed by atoms with Gasteiger partial charge in [0.1, 0.15) is 11.3 Å². The Labute approximate surface area is 163 Å². The van der Waals surface area contributed by atoms with Crippen molar-refractivity contribution in [2.75, 3.05) is 12.4 Å². The minimum Gasteiger partial charge on any atom is -0.497 e. The largest absolute Gasteiger partial charge is 0.497 e. The normalized spacial score (nSPS) is 10.8. The van der Waals surface area contributed by atoms with E-state index in [2.05, 4.69) is 17.2 Å². The van der Waals surface area contributed by atoms with Gasteiger partial charge in [0.15, 0.2) is 5.58 Å². The molecule has 1 amide bonds. The first-order valence-corrected chi connectivity index (χ1v) is 9.11. The number of aromatic nitrogens is 1. The van der Waals surface area contributed by atoms with Crippen molar-refractivity contribution >= 4 is 22.7 Å². The second-order valence-corrected chi connectivity index (χ2v) is 6.44. The number of nitrogens with zero attached hydrogens (tertiary/aromatic N) is 1. The molecule has 0 aliphatic heterocycles. The number of amides is 1. The Balaban J connectivity index is 1.58. The number of rotatable bonds is 5. The molecule has 0 bridgehead atoms. The maximum Gasteiger partial charge on any atom is 0.255 e. The van der Waals surface area contributed by atoms with Gasteiger partial charge in [0.25, 0.3) is 5.91 Å². The van der Waals surface area contributed by atoms with E-state index in [1.54, 1.807) is 31.4 Å². The maximum atomic E-state index is 12.5. The van der Waals surface area contributed by atoms with Crippen LogP contribution in [0.15, 0.2) is 71.1 Å². The molecular formula is C23H20N2O3. The number of carbonyl (C=O) groups excluding carboxylic acids is 1. The molecule has 0 saturated carbocycles. The van der Waals surface area contributed by atoms with Gasteiger partial charge >= 0.3 is 0 Å². The van der Waals surface area contributed by atoms with Gasteiger partial charge in [0.2, 0.25) is 5.89 Å². The fourth-order valence-corrected chi connectivity index (χ4v) is 2.99. The Hall–Kier alpha value is -3.60. The molecule has 0 aliphatic rings. The van der Waals surface area contributed by atoms with E-state index in [0.717, 1.165) is 23.1 Å². The number of hydrogen-bond donors (Lipinski definition) is 1. The van der Waals surface area contributed by atoms with E-state index >= 15 is 0 Å². The van der Waals surface area contributed by atoms with Gasteiger partial charge in [0.05, 0.1) is 7.11 Å². The first kappa shape index (κ1) is 17.8. The zero-order valence-corrected chi connectivity index (χ0v) is 15.7. The van der Waals surface area contributed by atoms with E-state index in [1.165, 1.54) is 5.56 Å². The van der Waals surface area contributed by atoms with E-state index in [4.69, 9.17) is 9.15 Å². The van der Waals surface area contributed by atoms with Crippen molar-refractivity contribution in [2.24, 2.45) is 0 Å². The van der Waals surface area contributed by atoms with Crippen LogP contribution in [-0.2, 0) is 6.42 Å². The predicted octanol–water partition coefficient (Wildman–Crippen LogP) is 5.32. The number of carbonyl (C=O) groups is 1. The summed E-state index contributed by atoms with van der Waals surface area (Å²) < 4.78 is 11.0. The number of anilines is 1. The molecule has 140 valence electrons. The molecule has 1 N–H and O–H groups in total. The van der Waals surface area contributed by atoms with Crippen LogP contribution in [0.4, 0.5) is 5.69 Å². The number of nitrogens with one attached hydrogen (secondary N) is 1. The van der Waals surface area contributed by atoms with Crippen LogP contribution in [0.25, 0.3) is 22.6 Å². The Morgan fingerprint density at radius 3 is 2.64 bits per heavy atom. The van der Waals surface area contributed by atoms with Crippen molar-refractivity contribution < 1.29 is 13.9 Å². The van der Waals surface area contributed by atoms with Crippen LogP contribution >= 0.6 is 0 Å². The van der Waals surface area contributed by atoms with Gasteiger partial charge < -0.3 is 14.5 Å². The zero-order chi connectivity index (χ0) is 19.5. The fraction of sp³-hybridized carbons (Fsp3) is 0.130. The number of oxazole rings is 1. The second kappa shape index (κ2) is 7.56. The SMILES string of the molecule is CCc1ccc2oc(-c3cccc(NC(=O)c4ccc(OC)cc4)c3)nc2c1. The van der Waals surface area contributed by atoms with Crippen molar-refractivity contribution in [3.8, 4) is 17.2 Å². The molecule has 4 rings (SSSR count). The van der Waals surface area contributed by atoms with Gasteiger partial charge in [-0.2, -0.15) is 0 Å². The molecule has 1 aromatic heterocycles. The quantitative estimate of drug-likeness (QED) is 0.515. The van der Waals surface area contributed by atoms with Gasteiger partial charge in [-0.05, 0) is 66.6 Å².